The number of carbonyl (C=O) groups excluding carboxylic acids is 1. The molecule has 1 saturated carbocycles. The molecule has 0 radical (unpaired) electrons. The van der Waals surface area contributed by atoms with Crippen LogP contribution in [0.3, 0.4) is 0 Å². The van der Waals surface area contributed by atoms with Crippen LogP contribution in [0, 0.1) is 11.8 Å². The molecule has 92 valence electrons. The Balaban J connectivity index is 1.59. The number of hydrogen-bond donors (Lipinski definition) is 2. The van der Waals surface area contributed by atoms with Gasteiger partial charge < -0.3 is 15.4 Å². The first-order chi connectivity index (χ1) is 7.75. The highest BCUT2D eigenvalue weighted by Crippen LogP contribution is 2.36. The van der Waals surface area contributed by atoms with Crippen LogP contribution in [0.15, 0.2) is 0 Å². The van der Waals surface area contributed by atoms with Crippen molar-refractivity contribution < 1.29 is 9.53 Å². The maximum atomic E-state index is 11.6. The average molecular weight is 226 g/mol. The second-order valence-electron chi connectivity index (χ2n) is 5.02. The van der Waals surface area contributed by atoms with Crippen LogP contribution in [0.4, 0.5) is 0 Å². The number of carbonyl (C=O) groups is 1. The third-order valence-corrected chi connectivity index (χ3v) is 3.47. The molecule has 4 heteroatoms. The fourth-order valence-corrected chi connectivity index (χ4v) is 2.14. The van der Waals surface area contributed by atoms with E-state index in [4.69, 9.17) is 4.74 Å². The minimum Gasteiger partial charge on any atom is -0.375 e. The molecule has 1 amide bonds. The molecular weight excluding hydrogens is 204 g/mol. The van der Waals surface area contributed by atoms with Crippen molar-refractivity contribution in [3.8, 4) is 0 Å². The Morgan fingerprint density at radius 1 is 1.56 bits per heavy atom. The van der Waals surface area contributed by atoms with E-state index < -0.39 is 0 Å². The summed E-state index contributed by atoms with van der Waals surface area (Å²) in [6.45, 7) is 5.46. The summed E-state index contributed by atoms with van der Waals surface area (Å²) < 4.78 is 5.49. The molecule has 0 aromatic rings. The van der Waals surface area contributed by atoms with E-state index in [0.717, 1.165) is 32.2 Å². The molecule has 0 aromatic carbocycles. The Morgan fingerprint density at radius 3 is 3.00 bits per heavy atom. The van der Waals surface area contributed by atoms with E-state index in [1.807, 2.05) is 0 Å². The zero-order chi connectivity index (χ0) is 11.4. The summed E-state index contributed by atoms with van der Waals surface area (Å²) in [4.78, 5) is 11.6. The molecule has 1 aliphatic heterocycles. The van der Waals surface area contributed by atoms with E-state index in [0.29, 0.717) is 12.3 Å². The lowest BCUT2D eigenvalue weighted by Crippen LogP contribution is -2.42. The van der Waals surface area contributed by atoms with Crippen molar-refractivity contribution in [2.24, 2.45) is 11.8 Å². The first kappa shape index (κ1) is 11.9. The zero-order valence-electron chi connectivity index (χ0n) is 10.00. The third-order valence-electron chi connectivity index (χ3n) is 3.47. The van der Waals surface area contributed by atoms with Crippen LogP contribution >= 0.6 is 0 Å². The van der Waals surface area contributed by atoms with Gasteiger partial charge in [-0.05, 0) is 24.7 Å². The summed E-state index contributed by atoms with van der Waals surface area (Å²) in [6, 6.07) is 0. The lowest BCUT2D eigenvalue weighted by Gasteiger charge is -2.23. The van der Waals surface area contributed by atoms with Gasteiger partial charge in [-0.3, -0.25) is 4.79 Å². The van der Waals surface area contributed by atoms with E-state index >= 15 is 0 Å². The molecule has 2 unspecified atom stereocenters. The second kappa shape index (κ2) is 5.64. The highest BCUT2D eigenvalue weighted by Gasteiger charge is 2.28. The Morgan fingerprint density at radius 2 is 2.38 bits per heavy atom. The maximum absolute atomic E-state index is 11.6. The largest absolute Gasteiger partial charge is 0.375 e. The predicted octanol–water partition coefficient (Wildman–Crippen LogP) is 0.527. The number of ether oxygens (including phenoxy) is 1. The van der Waals surface area contributed by atoms with Crippen molar-refractivity contribution in [1.82, 2.24) is 10.6 Å². The molecule has 16 heavy (non-hydrogen) atoms. The molecule has 2 atom stereocenters. The lowest BCUT2D eigenvalue weighted by atomic mass is 10.1. The van der Waals surface area contributed by atoms with Crippen LogP contribution in [0.25, 0.3) is 0 Å². The van der Waals surface area contributed by atoms with E-state index in [-0.39, 0.29) is 12.0 Å². The monoisotopic (exact) mass is 226 g/mol. The first-order valence-corrected chi connectivity index (χ1v) is 6.34. The van der Waals surface area contributed by atoms with Gasteiger partial charge in [-0.15, -0.1) is 0 Å². The Labute approximate surface area is 97.1 Å². The van der Waals surface area contributed by atoms with Gasteiger partial charge in [0.2, 0.25) is 5.91 Å². The molecular formula is C12H22N2O2. The van der Waals surface area contributed by atoms with Crippen molar-refractivity contribution in [3.05, 3.63) is 0 Å². The predicted molar refractivity (Wildman–Crippen MR) is 62.1 cm³/mol. The van der Waals surface area contributed by atoms with E-state index in [9.17, 15) is 4.79 Å². The quantitative estimate of drug-likeness (QED) is 0.719. The number of rotatable bonds is 5. The molecule has 4 nitrogen and oxygen atoms in total. The van der Waals surface area contributed by atoms with Crippen molar-refractivity contribution in [2.45, 2.75) is 32.3 Å². The molecule has 0 bridgehead atoms. The van der Waals surface area contributed by atoms with Crippen LogP contribution in [0.2, 0.25) is 0 Å². The number of nitrogens with one attached hydrogen (secondary N) is 2. The van der Waals surface area contributed by atoms with Crippen molar-refractivity contribution in [1.29, 1.82) is 0 Å². The van der Waals surface area contributed by atoms with Gasteiger partial charge in [0.05, 0.1) is 19.1 Å². The summed E-state index contributed by atoms with van der Waals surface area (Å²) in [5, 5.41) is 6.23. The lowest BCUT2D eigenvalue weighted by molar-refractivity contribution is -0.124. The van der Waals surface area contributed by atoms with Gasteiger partial charge in [0, 0.05) is 19.6 Å². The summed E-state index contributed by atoms with van der Waals surface area (Å²) in [5.41, 5.74) is 0. The summed E-state index contributed by atoms with van der Waals surface area (Å²) in [5.74, 6) is 1.61. The molecule has 1 heterocycles. The zero-order valence-corrected chi connectivity index (χ0v) is 10.00. The number of hydrogen-bond acceptors (Lipinski definition) is 3. The van der Waals surface area contributed by atoms with E-state index in [1.54, 1.807) is 0 Å². The van der Waals surface area contributed by atoms with Gasteiger partial charge in [0.15, 0.2) is 0 Å². The molecule has 0 aromatic heterocycles. The molecule has 0 spiro atoms. The first-order valence-electron chi connectivity index (χ1n) is 6.34. The van der Waals surface area contributed by atoms with Gasteiger partial charge in [-0.1, -0.05) is 6.92 Å². The van der Waals surface area contributed by atoms with Crippen molar-refractivity contribution in [2.75, 3.05) is 26.2 Å². The van der Waals surface area contributed by atoms with Crippen LogP contribution < -0.4 is 10.6 Å². The Bertz CT molecular complexity index is 235. The van der Waals surface area contributed by atoms with Gasteiger partial charge in [0.1, 0.15) is 0 Å². The molecule has 1 saturated heterocycles. The minimum atomic E-state index is 0.0602. The smallest absolute Gasteiger partial charge is 0.222 e. The van der Waals surface area contributed by atoms with Crippen LogP contribution in [0.1, 0.15) is 26.2 Å². The minimum absolute atomic E-state index is 0.0602. The molecule has 2 fully saturated rings. The maximum Gasteiger partial charge on any atom is 0.222 e. The van der Waals surface area contributed by atoms with E-state index in [1.165, 1.54) is 12.8 Å². The van der Waals surface area contributed by atoms with Crippen LogP contribution in [-0.4, -0.2) is 38.3 Å². The summed E-state index contributed by atoms with van der Waals surface area (Å²) in [7, 11) is 0. The molecule has 1 aliphatic carbocycles. The number of amides is 1. The van der Waals surface area contributed by atoms with E-state index in [2.05, 4.69) is 17.6 Å². The standard InChI is InChI=1S/C12H22N2O2/c1-9(10-2-3-10)7-14-12(15)6-11-8-13-4-5-16-11/h9-11,13H,2-8H2,1H3,(H,14,15). The van der Waals surface area contributed by atoms with Crippen molar-refractivity contribution >= 4 is 5.91 Å². The van der Waals surface area contributed by atoms with Gasteiger partial charge in [-0.25, -0.2) is 0 Å². The van der Waals surface area contributed by atoms with Crippen LogP contribution in [0.5, 0.6) is 0 Å². The summed E-state index contributed by atoms with van der Waals surface area (Å²) >= 11 is 0. The molecule has 2 N–H and O–H groups in total. The normalized spacial score (nSPS) is 27.4. The fourth-order valence-electron chi connectivity index (χ4n) is 2.14. The highest BCUT2D eigenvalue weighted by molar-refractivity contribution is 5.76. The Kier molecular flexibility index (Phi) is 4.18. The van der Waals surface area contributed by atoms with Crippen molar-refractivity contribution in [3.63, 3.8) is 0 Å². The van der Waals surface area contributed by atoms with Gasteiger partial charge in [-0.2, -0.15) is 0 Å². The third kappa shape index (κ3) is 3.76. The summed E-state index contributed by atoms with van der Waals surface area (Å²) in [6.07, 6.45) is 3.23. The Hall–Kier alpha value is -0.610. The van der Waals surface area contributed by atoms with Gasteiger partial charge in [0.25, 0.3) is 0 Å². The topological polar surface area (TPSA) is 50.4 Å². The molecule has 2 aliphatic rings. The van der Waals surface area contributed by atoms with Crippen LogP contribution in [-0.2, 0) is 9.53 Å². The van der Waals surface area contributed by atoms with Gasteiger partial charge >= 0.3 is 0 Å². The SMILES string of the molecule is CC(CNC(=O)CC1CNCCO1)C1CC1. The second-order valence-corrected chi connectivity index (χ2v) is 5.02. The number of morpholine rings is 1. The fraction of sp³-hybridized carbons (Fsp3) is 0.917. The highest BCUT2D eigenvalue weighted by atomic mass is 16.5. The average Bonchev–Trinajstić information content (AvgIpc) is 3.11. The molecule has 2 rings (SSSR count).